The van der Waals surface area contributed by atoms with Crippen LogP contribution in [0, 0.1) is 5.92 Å². The number of hydrogen-bond donors (Lipinski definition) is 0. The number of aromatic nitrogens is 1. The lowest BCUT2D eigenvalue weighted by atomic mass is 9.86. The van der Waals surface area contributed by atoms with Crippen LogP contribution >= 0.6 is 27.5 Å². The van der Waals surface area contributed by atoms with E-state index in [9.17, 15) is 0 Å². The van der Waals surface area contributed by atoms with Crippen LogP contribution in [0.1, 0.15) is 19.3 Å². The Bertz CT molecular complexity index is 328. The largest absolute Gasteiger partial charge is 0.476 e. The second kappa shape index (κ2) is 4.49. The van der Waals surface area contributed by atoms with Gasteiger partial charge in [0.25, 0.3) is 0 Å². The monoisotopic (exact) mass is 275 g/mol. The third-order valence-electron chi connectivity index (χ3n) is 2.45. The molecule has 1 aromatic heterocycles. The molecular weight excluding hydrogens is 265 g/mol. The van der Waals surface area contributed by atoms with E-state index in [2.05, 4.69) is 20.9 Å². The highest BCUT2D eigenvalue weighted by Gasteiger charge is 2.18. The molecule has 1 aliphatic rings. The molecule has 0 N–H and O–H groups in total. The zero-order valence-corrected chi connectivity index (χ0v) is 10.0. The minimum Gasteiger partial charge on any atom is -0.476 e. The van der Waals surface area contributed by atoms with Crippen LogP contribution in [0.2, 0.25) is 5.02 Å². The summed E-state index contributed by atoms with van der Waals surface area (Å²) in [7, 11) is 0. The number of rotatable bonds is 3. The SMILES string of the molecule is Clc1cc(Br)cnc1OCC1CCC1. The summed E-state index contributed by atoms with van der Waals surface area (Å²) in [6, 6.07) is 1.80. The number of halogens is 2. The molecule has 1 aromatic rings. The Morgan fingerprint density at radius 1 is 1.57 bits per heavy atom. The molecule has 2 nitrogen and oxygen atoms in total. The van der Waals surface area contributed by atoms with Gasteiger partial charge in [0, 0.05) is 10.7 Å². The molecule has 0 spiro atoms. The van der Waals surface area contributed by atoms with E-state index in [0.717, 1.165) is 11.1 Å². The van der Waals surface area contributed by atoms with Crippen LogP contribution in [0.15, 0.2) is 16.7 Å². The standard InChI is InChI=1S/C10H11BrClNO/c11-8-4-9(12)10(13-5-8)14-6-7-2-1-3-7/h4-5,7H,1-3,6H2. The van der Waals surface area contributed by atoms with Gasteiger partial charge in [0.2, 0.25) is 5.88 Å². The molecule has 0 atom stereocenters. The fraction of sp³-hybridized carbons (Fsp3) is 0.500. The Kier molecular flexibility index (Phi) is 3.29. The first-order valence-corrected chi connectivity index (χ1v) is 5.86. The van der Waals surface area contributed by atoms with Crippen LogP contribution in [-0.2, 0) is 0 Å². The molecule has 1 saturated carbocycles. The minimum atomic E-state index is 0.543. The first-order valence-electron chi connectivity index (χ1n) is 4.69. The van der Waals surface area contributed by atoms with E-state index in [1.54, 1.807) is 12.3 Å². The maximum Gasteiger partial charge on any atom is 0.232 e. The molecule has 14 heavy (non-hydrogen) atoms. The van der Waals surface area contributed by atoms with E-state index in [4.69, 9.17) is 16.3 Å². The second-order valence-corrected chi connectivity index (χ2v) is 4.87. The van der Waals surface area contributed by atoms with Gasteiger partial charge in [-0.25, -0.2) is 4.98 Å². The van der Waals surface area contributed by atoms with Crippen molar-refractivity contribution in [3.63, 3.8) is 0 Å². The van der Waals surface area contributed by atoms with Crippen LogP contribution < -0.4 is 4.74 Å². The predicted molar refractivity (Wildman–Crippen MR) is 59.8 cm³/mol. The Morgan fingerprint density at radius 2 is 2.36 bits per heavy atom. The maximum absolute atomic E-state index is 5.96. The second-order valence-electron chi connectivity index (χ2n) is 3.55. The molecule has 0 amide bonds. The molecule has 76 valence electrons. The molecule has 0 aliphatic heterocycles. The number of pyridine rings is 1. The van der Waals surface area contributed by atoms with Gasteiger partial charge < -0.3 is 4.74 Å². The smallest absolute Gasteiger partial charge is 0.232 e. The fourth-order valence-electron chi connectivity index (χ4n) is 1.36. The molecule has 0 unspecified atom stereocenters. The lowest BCUT2D eigenvalue weighted by Gasteiger charge is -2.24. The van der Waals surface area contributed by atoms with E-state index in [0.29, 0.717) is 16.8 Å². The van der Waals surface area contributed by atoms with Gasteiger partial charge in [-0.05, 0) is 40.8 Å². The highest BCUT2D eigenvalue weighted by Crippen LogP contribution is 2.29. The molecule has 4 heteroatoms. The summed E-state index contributed by atoms with van der Waals surface area (Å²) >= 11 is 9.26. The topological polar surface area (TPSA) is 22.1 Å². The molecule has 1 heterocycles. The number of nitrogens with zero attached hydrogens (tertiary/aromatic N) is 1. The van der Waals surface area contributed by atoms with Crippen molar-refractivity contribution in [3.8, 4) is 5.88 Å². The molecular formula is C10H11BrClNO. The normalized spacial score (nSPS) is 16.4. The van der Waals surface area contributed by atoms with E-state index in [1.165, 1.54) is 19.3 Å². The summed E-state index contributed by atoms with van der Waals surface area (Å²) in [5, 5.41) is 0.568. The van der Waals surface area contributed by atoms with Gasteiger partial charge in [0.05, 0.1) is 6.61 Å². The van der Waals surface area contributed by atoms with Crippen molar-refractivity contribution < 1.29 is 4.74 Å². The van der Waals surface area contributed by atoms with Gasteiger partial charge >= 0.3 is 0 Å². The van der Waals surface area contributed by atoms with Crippen LogP contribution in [0.25, 0.3) is 0 Å². The average Bonchev–Trinajstić information content (AvgIpc) is 2.05. The first-order chi connectivity index (χ1) is 6.75. The lowest BCUT2D eigenvalue weighted by Crippen LogP contribution is -2.19. The summed E-state index contributed by atoms with van der Waals surface area (Å²) < 4.78 is 6.41. The molecule has 1 aliphatic carbocycles. The Morgan fingerprint density at radius 3 is 2.93 bits per heavy atom. The molecule has 1 fully saturated rings. The van der Waals surface area contributed by atoms with Crippen molar-refractivity contribution >= 4 is 27.5 Å². The van der Waals surface area contributed by atoms with Gasteiger partial charge in [-0.2, -0.15) is 0 Å². The van der Waals surface area contributed by atoms with Crippen LogP contribution in [0.4, 0.5) is 0 Å². The maximum atomic E-state index is 5.96. The molecule has 0 aromatic carbocycles. The van der Waals surface area contributed by atoms with Crippen molar-refractivity contribution in [2.45, 2.75) is 19.3 Å². The zero-order valence-electron chi connectivity index (χ0n) is 7.67. The van der Waals surface area contributed by atoms with Gasteiger partial charge in [-0.1, -0.05) is 18.0 Å². The van der Waals surface area contributed by atoms with Gasteiger partial charge in [0.15, 0.2) is 0 Å². The molecule has 0 bridgehead atoms. The Balaban J connectivity index is 1.94. The van der Waals surface area contributed by atoms with Crippen molar-refractivity contribution in [1.29, 1.82) is 0 Å². The summed E-state index contributed by atoms with van der Waals surface area (Å²) in [6.07, 6.45) is 5.57. The quantitative estimate of drug-likeness (QED) is 0.840. The van der Waals surface area contributed by atoms with E-state index < -0.39 is 0 Å². The number of ether oxygens (including phenoxy) is 1. The van der Waals surface area contributed by atoms with Crippen molar-refractivity contribution in [2.75, 3.05) is 6.61 Å². The fourth-order valence-corrected chi connectivity index (χ4v) is 2.05. The minimum absolute atomic E-state index is 0.543. The molecule has 0 radical (unpaired) electrons. The van der Waals surface area contributed by atoms with Crippen molar-refractivity contribution in [1.82, 2.24) is 4.98 Å². The highest BCUT2D eigenvalue weighted by molar-refractivity contribution is 9.10. The predicted octanol–water partition coefficient (Wildman–Crippen LogP) is 3.68. The van der Waals surface area contributed by atoms with Gasteiger partial charge in [0.1, 0.15) is 5.02 Å². The molecule has 0 saturated heterocycles. The lowest BCUT2D eigenvalue weighted by molar-refractivity contribution is 0.175. The summed E-state index contributed by atoms with van der Waals surface area (Å²) in [6.45, 7) is 0.744. The summed E-state index contributed by atoms with van der Waals surface area (Å²) in [5.74, 6) is 1.25. The van der Waals surface area contributed by atoms with Crippen molar-refractivity contribution in [2.24, 2.45) is 5.92 Å². The van der Waals surface area contributed by atoms with Crippen LogP contribution in [0.5, 0.6) is 5.88 Å². The molecule has 2 rings (SSSR count). The van der Waals surface area contributed by atoms with Crippen molar-refractivity contribution in [3.05, 3.63) is 21.8 Å². The van der Waals surface area contributed by atoms with Gasteiger partial charge in [-0.3, -0.25) is 0 Å². The van der Waals surface area contributed by atoms with Gasteiger partial charge in [-0.15, -0.1) is 0 Å². The average molecular weight is 277 g/mol. The highest BCUT2D eigenvalue weighted by atomic mass is 79.9. The first kappa shape index (κ1) is 10.2. The Hall–Kier alpha value is -0.280. The summed E-state index contributed by atoms with van der Waals surface area (Å²) in [5.41, 5.74) is 0. The van der Waals surface area contributed by atoms with Crippen LogP contribution in [-0.4, -0.2) is 11.6 Å². The third-order valence-corrected chi connectivity index (χ3v) is 3.16. The summed E-state index contributed by atoms with van der Waals surface area (Å²) in [4.78, 5) is 4.11. The Labute approximate surface area is 96.8 Å². The number of hydrogen-bond acceptors (Lipinski definition) is 2. The zero-order chi connectivity index (χ0) is 9.97. The van der Waals surface area contributed by atoms with E-state index >= 15 is 0 Å². The van der Waals surface area contributed by atoms with E-state index in [1.807, 2.05) is 0 Å². The third kappa shape index (κ3) is 2.39. The van der Waals surface area contributed by atoms with Crippen LogP contribution in [0.3, 0.4) is 0 Å². The van der Waals surface area contributed by atoms with E-state index in [-0.39, 0.29) is 0 Å².